The molecule has 2 aromatic rings. The normalized spacial score (nSPS) is 19.2. The van der Waals surface area contributed by atoms with Crippen LogP contribution in [0.2, 0.25) is 0 Å². The van der Waals surface area contributed by atoms with Gasteiger partial charge in [0.2, 0.25) is 0 Å². The van der Waals surface area contributed by atoms with E-state index in [2.05, 4.69) is 20.3 Å². The Kier molecular flexibility index (Phi) is 4.47. The van der Waals surface area contributed by atoms with Crippen LogP contribution in [-0.2, 0) is 4.74 Å². The highest BCUT2D eigenvalue weighted by Crippen LogP contribution is 2.23. The molecule has 0 aromatic carbocycles. The zero-order valence-corrected chi connectivity index (χ0v) is 14.1. The first-order valence-electron chi connectivity index (χ1n) is 7.79. The summed E-state index contributed by atoms with van der Waals surface area (Å²) in [7, 11) is 1.59. The van der Waals surface area contributed by atoms with Gasteiger partial charge in [0, 0.05) is 18.0 Å². The SMILES string of the molecule is COC1=CC(C)(NC(=O)c2nc(-c3cccnc3)cnc2N)CC=C1. The summed E-state index contributed by atoms with van der Waals surface area (Å²) in [6.07, 6.45) is 11.2. The van der Waals surface area contributed by atoms with Gasteiger partial charge in [-0.2, -0.15) is 0 Å². The lowest BCUT2D eigenvalue weighted by Gasteiger charge is -2.29. The van der Waals surface area contributed by atoms with Crippen LogP contribution in [0.4, 0.5) is 5.82 Å². The summed E-state index contributed by atoms with van der Waals surface area (Å²) in [6.45, 7) is 1.90. The highest BCUT2D eigenvalue weighted by atomic mass is 16.5. The number of rotatable bonds is 4. The molecule has 1 amide bonds. The molecule has 25 heavy (non-hydrogen) atoms. The molecule has 0 spiro atoms. The second-order valence-corrected chi connectivity index (χ2v) is 5.96. The van der Waals surface area contributed by atoms with Crippen LogP contribution < -0.4 is 11.1 Å². The highest BCUT2D eigenvalue weighted by Gasteiger charge is 2.28. The van der Waals surface area contributed by atoms with E-state index in [4.69, 9.17) is 10.5 Å². The van der Waals surface area contributed by atoms with E-state index in [1.165, 1.54) is 6.20 Å². The molecule has 1 unspecified atom stereocenters. The number of nitrogens with one attached hydrogen (secondary N) is 1. The van der Waals surface area contributed by atoms with Crippen molar-refractivity contribution in [1.82, 2.24) is 20.3 Å². The lowest BCUT2D eigenvalue weighted by atomic mass is 9.92. The minimum Gasteiger partial charge on any atom is -0.497 e. The van der Waals surface area contributed by atoms with Crippen molar-refractivity contribution in [2.24, 2.45) is 0 Å². The fourth-order valence-corrected chi connectivity index (χ4v) is 2.59. The molecule has 0 radical (unpaired) electrons. The predicted molar refractivity (Wildman–Crippen MR) is 94.4 cm³/mol. The predicted octanol–water partition coefficient (Wildman–Crippen LogP) is 2.10. The van der Waals surface area contributed by atoms with Crippen molar-refractivity contribution < 1.29 is 9.53 Å². The molecule has 7 heteroatoms. The molecule has 0 fully saturated rings. The first-order valence-corrected chi connectivity index (χ1v) is 7.79. The van der Waals surface area contributed by atoms with Gasteiger partial charge in [-0.15, -0.1) is 0 Å². The molecule has 3 N–H and O–H groups in total. The Hall–Kier alpha value is -3.22. The third-order valence-electron chi connectivity index (χ3n) is 3.89. The van der Waals surface area contributed by atoms with E-state index in [1.807, 2.05) is 31.2 Å². The van der Waals surface area contributed by atoms with Crippen LogP contribution in [0.3, 0.4) is 0 Å². The third-order valence-corrected chi connectivity index (χ3v) is 3.89. The average Bonchev–Trinajstić information content (AvgIpc) is 2.62. The smallest absolute Gasteiger partial charge is 0.274 e. The number of hydrogen-bond donors (Lipinski definition) is 2. The first-order chi connectivity index (χ1) is 12.0. The van der Waals surface area contributed by atoms with Crippen molar-refractivity contribution in [1.29, 1.82) is 0 Å². The molecule has 0 saturated heterocycles. The van der Waals surface area contributed by atoms with E-state index in [1.54, 1.807) is 25.6 Å². The van der Waals surface area contributed by atoms with E-state index >= 15 is 0 Å². The Bertz CT molecular complexity index is 848. The molecule has 0 aliphatic heterocycles. The number of nitrogen functional groups attached to an aromatic ring is 1. The summed E-state index contributed by atoms with van der Waals surface area (Å²) in [5.74, 6) is 0.383. The van der Waals surface area contributed by atoms with Gasteiger partial charge in [-0.3, -0.25) is 9.78 Å². The Morgan fingerprint density at radius 3 is 2.96 bits per heavy atom. The maximum Gasteiger partial charge on any atom is 0.274 e. The minimum absolute atomic E-state index is 0.0797. The summed E-state index contributed by atoms with van der Waals surface area (Å²) < 4.78 is 5.24. The monoisotopic (exact) mass is 337 g/mol. The molecule has 2 aromatic heterocycles. The third kappa shape index (κ3) is 3.65. The van der Waals surface area contributed by atoms with Gasteiger partial charge < -0.3 is 15.8 Å². The second kappa shape index (κ2) is 6.72. The summed E-state index contributed by atoms with van der Waals surface area (Å²) in [5, 5.41) is 2.95. The fraction of sp³-hybridized carbons (Fsp3) is 0.222. The number of carbonyl (C=O) groups excluding carboxylic acids is 1. The van der Waals surface area contributed by atoms with Gasteiger partial charge in [-0.1, -0.05) is 6.08 Å². The van der Waals surface area contributed by atoms with Crippen LogP contribution >= 0.6 is 0 Å². The topological polar surface area (TPSA) is 103 Å². The van der Waals surface area contributed by atoms with Crippen molar-refractivity contribution >= 4 is 11.7 Å². The van der Waals surface area contributed by atoms with Gasteiger partial charge in [0.1, 0.15) is 5.76 Å². The van der Waals surface area contributed by atoms with E-state index in [9.17, 15) is 4.79 Å². The Morgan fingerprint density at radius 1 is 1.40 bits per heavy atom. The van der Waals surface area contributed by atoms with Gasteiger partial charge >= 0.3 is 0 Å². The molecule has 128 valence electrons. The maximum atomic E-state index is 12.7. The van der Waals surface area contributed by atoms with E-state index < -0.39 is 5.54 Å². The molecule has 2 heterocycles. The minimum atomic E-state index is -0.588. The number of ether oxygens (including phenoxy) is 1. The summed E-state index contributed by atoms with van der Waals surface area (Å²) >= 11 is 0. The van der Waals surface area contributed by atoms with E-state index in [0.29, 0.717) is 17.9 Å². The number of aromatic nitrogens is 3. The zero-order valence-electron chi connectivity index (χ0n) is 14.1. The quantitative estimate of drug-likeness (QED) is 0.885. The second-order valence-electron chi connectivity index (χ2n) is 5.96. The van der Waals surface area contributed by atoms with Gasteiger partial charge in [-0.25, -0.2) is 9.97 Å². The number of nitrogens with two attached hydrogens (primary N) is 1. The summed E-state index contributed by atoms with van der Waals surface area (Å²) in [5.41, 5.74) is 6.66. The molecule has 1 aliphatic rings. The maximum absolute atomic E-state index is 12.7. The van der Waals surface area contributed by atoms with Gasteiger partial charge in [0.25, 0.3) is 5.91 Å². The number of anilines is 1. The van der Waals surface area contributed by atoms with Gasteiger partial charge in [0.05, 0.1) is 24.5 Å². The van der Waals surface area contributed by atoms with Crippen LogP contribution in [0, 0.1) is 0 Å². The van der Waals surface area contributed by atoms with Crippen molar-refractivity contribution in [3.63, 3.8) is 0 Å². The Morgan fingerprint density at radius 2 is 2.24 bits per heavy atom. The van der Waals surface area contributed by atoms with Crippen LogP contribution in [0.25, 0.3) is 11.3 Å². The molecule has 7 nitrogen and oxygen atoms in total. The molecule has 0 bridgehead atoms. The number of nitrogens with zero attached hydrogens (tertiary/aromatic N) is 3. The lowest BCUT2D eigenvalue weighted by Crippen LogP contribution is -2.45. The lowest BCUT2D eigenvalue weighted by molar-refractivity contribution is 0.0917. The average molecular weight is 337 g/mol. The number of pyridine rings is 1. The zero-order chi connectivity index (χ0) is 17.9. The van der Waals surface area contributed by atoms with Crippen LogP contribution in [0.5, 0.6) is 0 Å². The fourth-order valence-electron chi connectivity index (χ4n) is 2.59. The Labute approximate surface area is 145 Å². The number of methoxy groups -OCH3 is 1. The van der Waals surface area contributed by atoms with Crippen molar-refractivity contribution in [3.8, 4) is 11.3 Å². The van der Waals surface area contributed by atoms with Gasteiger partial charge in [0.15, 0.2) is 11.5 Å². The number of hydrogen-bond acceptors (Lipinski definition) is 6. The molecule has 3 rings (SSSR count). The van der Waals surface area contributed by atoms with Crippen LogP contribution in [-0.4, -0.2) is 33.5 Å². The number of carbonyl (C=O) groups is 1. The van der Waals surface area contributed by atoms with Gasteiger partial charge in [-0.05, 0) is 37.6 Å². The standard InChI is InChI=1S/C18H19N5O2/c1-18(7-3-6-13(9-18)25-2)23-17(24)15-16(19)21-11-14(22-15)12-5-4-8-20-10-12/h3-6,8-11H,7H2,1-2H3,(H2,19,21)(H,23,24). The molecule has 0 saturated carbocycles. The molecular weight excluding hydrogens is 318 g/mol. The van der Waals surface area contributed by atoms with E-state index in [0.717, 1.165) is 5.56 Å². The molecular formula is C18H19N5O2. The number of amides is 1. The van der Waals surface area contributed by atoms with E-state index in [-0.39, 0.29) is 17.4 Å². The largest absolute Gasteiger partial charge is 0.497 e. The summed E-state index contributed by atoms with van der Waals surface area (Å²) in [4.78, 5) is 25.2. The summed E-state index contributed by atoms with van der Waals surface area (Å²) in [6, 6.07) is 3.63. The molecule has 1 atom stereocenters. The van der Waals surface area contributed by atoms with Crippen molar-refractivity contribution in [3.05, 3.63) is 60.4 Å². The number of allylic oxidation sites excluding steroid dienone is 1. The highest BCUT2D eigenvalue weighted by molar-refractivity contribution is 5.97. The van der Waals surface area contributed by atoms with Crippen molar-refractivity contribution in [2.45, 2.75) is 18.9 Å². The van der Waals surface area contributed by atoms with Crippen molar-refractivity contribution in [2.75, 3.05) is 12.8 Å². The van der Waals surface area contributed by atoms with Crippen LogP contribution in [0.1, 0.15) is 23.8 Å². The van der Waals surface area contributed by atoms with Crippen LogP contribution in [0.15, 0.2) is 54.7 Å². The first kappa shape index (κ1) is 16.6. The Balaban J connectivity index is 1.87. The molecule has 1 aliphatic carbocycles.